The molecule has 0 saturated carbocycles. The van der Waals surface area contributed by atoms with Crippen molar-refractivity contribution in [2.75, 3.05) is 0 Å². The Balaban J connectivity index is 1.16. The number of benzene rings is 9. The molecule has 0 amide bonds. The van der Waals surface area contributed by atoms with Crippen molar-refractivity contribution in [3.63, 3.8) is 0 Å². The van der Waals surface area contributed by atoms with E-state index >= 15 is 0 Å². The molecule has 1 aliphatic rings. The van der Waals surface area contributed by atoms with Gasteiger partial charge in [-0.3, -0.25) is 0 Å². The van der Waals surface area contributed by atoms with Crippen molar-refractivity contribution in [2.24, 2.45) is 0 Å². The first kappa shape index (κ1) is 41.8. The monoisotopic (exact) mass is 935 g/mol. The molecule has 4 heteroatoms. The fourth-order valence-electron chi connectivity index (χ4n) is 11.1. The van der Waals surface area contributed by atoms with Crippen LogP contribution in [0, 0.1) is 0 Å². The molecule has 3 heterocycles. The topological polar surface area (TPSA) is 30.7 Å². The number of hydrogen-bond donors (Lipinski definition) is 0. The third-order valence-corrected chi connectivity index (χ3v) is 25.1. The standard InChI is InChI=1S/C64H51GeN3/c1-63(2,46-27-15-7-16-28-46)48-35-39-57-54(41-48)55-42-49(64(3,4)47-29-17-8-18-30-47)36-40-58(55)68(57)52-37-38-53-56(43-52)65(50-31-19-9-20-32-50,51-33-21-10-22-34-51)59-60(44-23-11-5-12-24-44)66-62(67-61(53)59)45-25-13-6-14-26-45/h5-43H,1-4H3. The second-order valence-electron chi connectivity index (χ2n) is 19.3. The fraction of sp³-hybridized carbons (Fsp3) is 0.0938. The predicted molar refractivity (Wildman–Crippen MR) is 287 cm³/mol. The molecular weight excluding hydrogens is 883 g/mol. The van der Waals surface area contributed by atoms with Gasteiger partial charge in [-0.2, -0.15) is 0 Å². The Kier molecular flexibility index (Phi) is 10.0. The molecule has 0 fully saturated rings. The van der Waals surface area contributed by atoms with Crippen molar-refractivity contribution in [1.29, 1.82) is 0 Å². The molecule has 326 valence electrons. The molecule has 0 N–H and O–H groups in total. The van der Waals surface area contributed by atoms with Gasteiger partial charge in [-0.25, -0.2) is 0 Å². The van der Waals surface area contributed by atoms with Crippen LogP contribution in [0.2, 0.25) is 0 Å². The molecule has 3 nitrogen and oxygen atoms in total. The van der Waals surface area contributed by atoms with E-state index in [0.717, 1.165) is 34.0 Å². The molecule has 0 radical (unpaired) electrons. The summed E-state index contributed by atoms with van der Waals surface area (Å²) in [4.78, 5) is 11.2. The maximum absolute atomic E-state index is 5.63. The van der Waals surface area contributed by atoms with E-state index in [2.05, 4.69) is 269 Å². The van der Waals surface area contributed by atoms with Gasteiger partial charge in [0.05, 0.1) is 0 Å². The van der Waals surface area contributed by atoms with Gasteiger partial charge in [-0.15, -0.1) is 0 Å². The molecule has 0 spiro atoms. The van der Waals surface area contributed by atoms with Crippen molar-refractivity contribution in [2.45, 2.75) is 38.5 Å². The molecule has 2 aromatic heterocycles. The van der Waals surface area contributed by atoms with Crippen LogP contribution in [0.5, 0.6) is 0 Å². The summed E-state index contributed by atoms with van der Waals surface area (Å²) in [5, 5.41) is 2.50. The number of aromatic nitrogens is 3. The van der Waals surface area contributed by atoms with Gasteiger partial charge < -0.3 is 0 Å². The minimum atomic E-state index is -3.97. The summed E-state index contributed by atoms with van der Waals surface area (Å²) >= 11 is -3.97. The van der Waals surface area contributed by atoms with E-state index in [0.29, 0.717) is 0 Å². The predicted octanol–water partition coefficient (Wildman–Crippen LogP) is 12.9. The summed E-state index contributed by atoms with van der Waals surface area (Å²) in [5.74, 6) is 0.739. The Bertz CT molecular complexity index is 3490. The molecule has 68 heavy (non-hydrogen) atoms. The van der Waals surface area contributed by atoms with Crippen molar-refractivity contribution in [3.8, 4) is 39.6 Å². The van der Waals surface area contributed by atoms with Gasteiger partial charge in [-0.1, -0.05) is 12.1 Å². The average molecular weight is 935 g/mol. The summed E-state index contributed by atoms with van der Waals surface area (Å²) in [6.07, 6.45) is 0. The first-order valence-corrected chi connectivity index (χ1v) is 27.9. The van der Waals surface area contributed by atoms with Gasteiger partial charge in [0.15, 0.2) is 0 Å². The van der Waals surface area contributed by atoms with Crippen LogP contribution >= 0.6 is 0 Å². The van der Waals surface area contributed by atoms with E-state index in [-0.39, 0.29) is 10.8 Å². The van der Waals surface area contributed by atoms with Gasteiger partial charge in [0.1, 0.15) is 0 Å². The van der Waals surface area contributed by atoms with Gasteiger partial charge in [0.25, 0.3) is 0 Å². The van der Waals surface area contributed by atoms with E-state index in [1.54, 1.807) is 0 Å². The molecule has 0 atom stereocenters. The van der Waals surface area contributed by atoms with E-state index in [1.807, 2.05) is 0 Å². The molecule has 11 aromatic rings. The number of hydrogen-bond acceptors (Lipinski definition) is 2. The van der Waals surface area contributed by atoms with E-state index < -0.39 is 13.3 Å². The fourth-order valence-corrected chi connectivity index (χ4v) is 22.2. The number of nitrogens with zero attached hydrogens (tertiary/aromatic N) is 3. The molecule has 0 saturated heterocycles. The second kappa shape index (κ2) is 16.3. The van der Waals surface area contributed by atoms with Crippen LogP contribution in [0.1, 0.15) is 49.9 Å². The number of rotatable bonds is 9. The van der Waals surface area contributed by atoms with Crippen molar-refractivity contribution in [3.05, 3.63) is 259 Å². The van der Waals surface area contributed by atoms with Crippen LogP contribution in [0.3, 0.4) is 0 Å². The normalized spacial score (nSPS) is 13.1. The Morgan fingerprint density at radius 2 is 0.809 bits per heavy atom. The zero-order valence-electron chi connectivity index (χ0n) is 38.9. The van der Waals surface area contributed by atoms with E-state index in [4.69, 9.17) is 9.97 Å². The van der Waals surface area contributed by atoms with Crippen LogP contribution in [-0.4, -0.2) is 27.8 Å². The first-order chi connectivity index (χ1) is 33.2. The quantitative estimate of drug-likeness (QED) is 0.135. The molecule has 1 aliphatic heterocycles. The van der Waals surface area contributed by atoms with Gasteiger partial charge in [0.2, 0.25) is 0 Å². The zero-order chi connectivity index (χ0) is 46.0. The second-order valence-corrected chi connectivity index (χ2v) is 27.1. The Labute approximate surface area is 401 Å². The Morgan fingerprint density at radius 3 is 1.29 bits per heavy atom. The minimum absolute atomic E-state index is 0.210. The van der Waals surface area contributed by atoms with Crippen LogP contribution in [0.4, 0.5) is 0 Å². The molecule has 0 aliphatic carbocycles. The zero-order valence-corrected chi connectivity index (χ0v) is 41.0. The summed E-state index contributed by atoms with van der Waals surface area (Å²) in [6, 6.07) is 87.3. The molecule has 0 bridgehead atoms. The first-order valence-electron chi connectivity index (χ1n) is 23.7. The van der Waals surface area contributed by atoms with Gasteiger partial charge >= 0.3 is 392 Å². The van der Waals surface area contributed by atoms with E-state index in [1.165, 1.54) is 67.2 Å². The third kappa shape index (κ3) is 6.55. The van der Waals surface area contributed by atoms with Crippen molar-refractivity contribution in [1.82, 2.24) is 14.5 Å². The summed E-state index contributed by atoms with van der Waals surface area (Å²) in [5.41, 5.74) is 13.6. The average Bonchev–Trinajstić information content (AvgIpc) is 3.89. The molecular formula is C64H51GeN3. The Hall–Kier alpha value is -7.60. The van der Waals surface area contributed by atoms with Crippen LogP contribution in [-0.2, 0) is 10.8 Å². The SMILES string of the molecule is CC(C)(c1ccccc1)c1ccc2c(c1)c1cc(C(C)(C)c3ccccc3)ccc1n2-c1ccc2[c](c1)[Ge]([c]1ccccc1)([c]1ccccc1)[c]1c(-c3ccccc3)nc(-c3ccccc3)nc1-2. The summed E-state index contributed by atoms with van der Waals surface area (Å²) < 4.78 is 7.88. The summed E-state index contributed by atoms with van der Waals surface area (Å²) in [7, 11) is 0. The number of fused-ring (bicyclic) bond motifs is 6. The Morgan fingerprint density at radius 1 is 0.382 bits per heavy atom. The van der Waals surface area contributed by atoms with Gasteiger partial charge in [-0.05, 0) is 0 Å². The third-order valence-electron chi connectivity index (χ3n) is 14.9. The summed E-state index contributed by atoms with van der Waals surface area (Å²) in [6.45, 7) is 9.39. The molecule has 12 rings (SSSR count). The maximum atomic E-state index is 5.63. The van der Waals surface area contributed by atoms with Crippen LogP contribution < -0.4 is 17.6 Å². The van der Waals surface area contributed by atoms with Crippen molar-refractivity contribution >= 4 is 52.7 Å². The van der Waals surface area contributed by atoms with E-state index in [9.17, 15) is 0 Å². The van der Waals surface area contributed by atoms with Crippen molar-refractivity contribution < 1.29 is 0 Å². The molecule has 9 aromatic carbocycles. The van der Waals surface area contributed by atoms with Crippen LogP contribution in [0.25, 0.3) is 61.4 Å². The van der Waals surface area contributed by atoms with Crippen LogP contribution in [0.15, 0.2) is 237 Å². The molecule has 0 unspecified atom stereocenters. The van der Waals surface area contributed by atoms with Gasteiger partial charge in [0, 0.05) is 0 Å².